The minimum absolute atomic E-state index is 0.199. The van der Waals surface area contributed by atoms with Crippen molar-refractivity contribution in [3.8, 4) is 11.4 Å². The molecule has 2 aromatic carbocycles. The quantitative estimate of drug-likeness (QED) is 0.0950. The number of morpholine rings is 2. The van der Waals surface area contributed by atoms with Crippen molar-refractivity contribution in [2.75, 3.05) is 62.4 Å². The zero-order chi connectivity index (χ0) is 48.1. The van der Waals surface area contributed by atoms with Crippen LogP contribution in [0, 0.1) is 0 Å². The molecule has 15 nitrogen and oxygen atoms in total. The molecule has 0 bridgehead atoms. The average molecular weight is 992 g/mol. The molecule has 4 aliphatic rings. The highest BCUT2D eigenvalue weighted by Gasteiger charge is 2.52. The van der Waals surface area contributed by atoms with Gasteiger partial charge in [0.1, 0.15) is 9.66 Å². The molecule has 354 valence electrons. The molecule has 13 rings (SSSR count). The number of aromatic nitrogens is 7. The number of carbonyl (C=O) groups excluding carboxylic acids is 2. The fourth-order valence-corrected chi connectivity index (χ4v) is 11.4. The van der Waals surface area contributed by atoms with E-state index in [1.807, 2.05) is 36.5 Å². The van der Waals surface area contributed by atoms with Crippen LogP contribution in [0.15, 0.2) is 79.3 Å². The molecule has 0 unspecified atom stereocenters. The molecule has 0 amide bonds. The van der Waals surface area contributed by atoms with Gasteiger partial charge in [0.25, 0.3) is 0 Å². The van der Waals surface area contributed by atoms with Gasteiger partial charge in [-0.05, 0) is 86.6 Å². The normalized spacial score (nSPS) is 17.2. The fraction of sp³-hybridized carbons (Fsp3) is 0.294. The predicted molar refractivity (Wildman–Crippen MR) is 279 cm³/mol. The van der Waals surface area contributed by atoms with Crippen molar-refractivity contribution in [1.82, 2.24) is 34.9 Å². The summed E-state index contributed by atoms with van der Waals surface area (Å²) in [5, 5.41) is 3.00. The van der Waals surface area contributed by atoms with Crippen LogP contribution in [0.5, 0.6) is 0 Å². The zero-order valence-corrected chi connectivity index (χ0v) is 41.3. The van der Waals surface area contributed by atoms with E-state index in [0.29, 0.717) is 43.4 Å². The number of H-pyrrole nitrogens is 1. The molecule has 10 heterocycles. The molecule has 70 heavy (non-hydrogen) atoms. The predicted octanol–water partition coefficient (Wildman–Crippen LogP) is 9.13. The van der Waals surface area contributed by atoms with Crippen LogP contribution in [0.1, 0.15) is 59.5 Å². The molecule has 1 aliphatic carbocycles. The lowest BCUT2D eigenvalue weighted by atomic mass is 9.75. The van der Waals surface area contributed by atoms with Gasteiger partial charge in [-0.1, -0.05) is 42.5 Å². The van der Waals surface area contributed by atoms with Crippen LogP contribution in [0.4, 0.5) is 11.6 Å². The number of pyridine rings is 2. The number of fused-ring (bicyclic) bond motifs is 8. The number of anilines is 2. The molecule has 0 spiro atoms. The Morgan fingerprint density at radius 1 is 0.714 bits per heavy atom. The number of benzene rings is 2. The van der Waals surface area contributed by atoms with Gasteiger partial charge in [0.2, 0.25) is 5.28 Å². The van der Waals surface area contributed by atoms with Gasteiger partial charge in [0.05, 0.1) is 58.1 Å². The molecule has 9 aromatic rings. The lowest BCUT2D eigenvalue weighted by Gasteiger charge is -2.32. The Bertz CT molecular complexity index is 3500. The molecule has 0 saturated carbocycles. The second-order valence-electron chi connectivity index (χ2n) is 18.3. The number of hydrogen-bond donors (Lipinski definition) is 1. The summed E-state index contributed by atoms with van der Waals surface area (Å²) in [6, 6.07) is 18.2. The minimum atomic E-state index is -0.275. The number of halogens is 1. The first-order valence-corrected chi connectivity index (χ1v) is 25.1. The largest absolute Gasteiger partial charge is 0.495 e. The van der Waals surface area contributed by atoms with Crippen LogP contribution in [0.25, 0.3) is 69.2 Å². The van der Waals surface area contributed by atoms with Gasteiger partial charge in [-0.15, -0.1) is 22.7 Å². The van der Waals surface area contributed by atoms with Crippen molar-refractivity contribution < 1.29 is 28.4 Å². The summed E-state index contributed by atoms with van der Waals surface area (Å²) in [5.41, 5.74) is 7.91. The van der Waals surface area contributed by atoms with E-state index in [-0.39, 0.29) is 23.6 Å². The second kappa shape index (κ2) is 18.8. The lowest BCUT2D eigenvalue weighted by molar-refractivity contribution is 0.00578. The van der Waals surface area contributed by atoms with Gasteiger partial charge in [-0.25, -0.2) is 24.9 Å². The van der Waals surface area contributed by atoms with Crippen LogP contribution >= 0.6 is 34.3 Å². The number of nitrogens with zero attached hydrogens (tertiary/aromatic N) is 8. The monoisotopic (exact) mass is 991 g/mol. The molecule has 0 atom stereocenters. The number of aldehydes is 2. The number of nitrogens with one attached hydrogen (secondary N) is 1. The first kappa shape index (κ1) is 46.2. The summed E-state index contributed by atoms with van der Waals surface area (Å²) in [4.78, 5) is 59.2. The molecule has 3 saturated heterocycles. The molecule has 1 N–H and O–H groups in total. The number of ether oxygens (including phenoxy) is 2. The summed E-state index contributed by atoms with van der Waals surface area (Å²) in [7, 11) is -0.257. The lowest BCUT2D eigenvalue weighted by Crippen LogP contribution is -2.41. The molecule has 7 aromatic heterocycles. The van der Waals surface area contributed by atoms with E-state index in [2.05, 4.69) is 92.8 Å². The molecule has 3 aliphatic heterocycles. The third kappa shape index (κ3) is 8.61. The SMILES string of the molecule is CC1(C)OB(c2cccc3c2C=CC3)OC1(C)C.O=Cc1cnc2sc3c(N4CCOCC4)nc(-c4cccc5[nH]ccc45)nc3c2c1.O=Cc1cnc2sc3c(N4CCOCC4)nc(Cl)nc3c2c1. The average Bonchev–Trinajstić information content (AvgIpc) is 4.23. The third-order valence-corrected chi connectivity index (χ3v) is 15.8. The third-order valence-electron chi connectivity index (χ3n) is 13.4. The Hall–Kier alpha value is -6.25. The summed E-state index contributed by atoms with van der Waals surface area (Å²) >= 11 is 9.19. The van der Waals surface area contributed by atoms with Gasteiger partial charge in [-0.2, -0.15) is 4.98 Å². The number of hydrogen-bond acceptors (Lipinski definition) is 16. The van der Waals surface area contributed by atoms with E-state index in [1.54, 1.807) is 29.8 Å². The van der Waals surface area contributed by atoms with Crippen molar-refractivity contribution in [3.05, 3.63) is 107 Å². The Balaban J connectivity index is 0.000000119. The maximum atomic E-state index is 11.3. The van der Waals surface area contributed by atoms with E-state index < -0.39 is 0 Å². The van der Waals surface area contributed by atoms with Crippen LogP contribution in [-0.2, 0) is 25.2 Å². The van der Waals surface area contributed by atoms with Crippen molar-refractivity contribution >= 4 is 129 Å². The number of thiophene rings is 2. The Labute approximate surface area is 416 Å². The number of carbonyl (C=O) groups is 2. The highest BCUT2D eigenvalue weighted by atomic mass is 35.5. The number of rotatable bonds is 6. The highest BCUT2D eigenvalue weighted by Crippen LogP contribution is 2.41. The maximum Gasteiger partial charge on any atom is 0.495 e. The molecule has 19 heteroatoms. The van der Waals surface area contributed by atoms with E-state index in [4.69, 9.17) is 40.4 Å². The van der Waals surface area contributed by atoms with Crippen molar-refractivity contribution in [1.29, 1.82) is 0 Å². The van der Waals surface area contributed by atoms with E-state index in [1.165, 1.54) is 22.5 Å². The van der Waals surface area contributed by atoms with E-state index >= 15 is 0 Å². The van der Waals surface area contributed by atoms with Gasteiger partial charge in [0.15, 0.2) is 30.0 Å². The second-order valence-corrected chi connectivity index (χ2v) is 20.6. The van der Waals surface area contributed by atoms with Crippen molar-refractivity contribution in [2.45, 2.75) is 45.3 Å². The molecular formula is C51H47BClN9O6S2. The number of aromatic amines is 1. The van der Waals surface area contributed by atoms with Crippen molar-refractivity contribution in [2.24, 2.45) is 0 Å². The Morgan fingerprint density at radius 2 is 1.30 bits per heavy atom. The number of allylic oxidation sites excluding steroid dienone is 1. The van der Waals surface area contributed by atoms with Gasteiger partial charge >= 0.3 is 7.12 Å². The first-order valence-electron chi connectivity index (χ1n) is 23.1. The van der Waals surface area contributed by atoms with Crippen molar-refractivity contribution in [3.63, 3.8) is 0 Å². The van der Waals surface area contributed by atoms with Gasteiger partial charge < -0.3 is 33.6 Å². The van der Waals surface area contributed by atoms with Crippen LogP contribution in [0.3, 0.4) is 0 Å². The Morgan fingerprint density at radius 3 is 1.91 bits per heavy atom. The summed E-state index contributed by atoms with van der Waals surface area (Å²) in [5.74, 6) is 2.39. The van der Waals surface area contributed by atoms with Crippen LogP contribution in [-0.4, -0.2) is 118 Å². The topological polar surface area (TPSA) is 171 Å². The first-order chi connectivity index (χ1) is 34.0. The fourth-order valence-electron chi connectivity index (χ4n) is 9.04. The zero-order valence-electron chi connectivity index (χ0n) is 38.9. The van der Waals surface area contributed by atoms with Crippen LogP contribution in [0.2, 0.25) is 5.28 Å². The Kier molecular flexibility index (Phi) is 12.4. The van der Waals surface area contributed by atoms with E-state index in [0.717, 1.165) is 120 Å². The smallest absolute Gasteiger partial charge is 0.399 e. The minimum Gasteiger partial charge on any atom is -0.399 e. The van der Waals surface area contributed by atoms with Crippen LogP contribution < -0.4 is 15.3 Å². The van der Waals surface area contributed by atoms with Gasteiger partial charge in [-0.3, -0.25) is 9.59 Å². The van der Waals surface area contributed by atoms with E-state index in [9.17, 15) is 9.59 Å². The summed E-state index contributed by atoms with van der Waals surface area (Å²) in [6.45, 7) is 14.1. The standard InChI is InChI=1S/C22H17N5O2S.C15H19BO2.C14H11ClN4O2S/c28-12-13-10-16-18-19(30-22(16)24-11-13)21(27-6-8-29-9-7-27)26-20(25-18)15-2-1-3-17-14(15)4-5-23-17;1-14(2)15(3,4)18-16(17-14)13-10-6-8-11-7-5-9-12(11)13;15-14-17-10-9-5-8(7-20)6-16-13(9)22-11(10)12(18-14)19-1-3-21-4-2-19/h1-5,10-12,23H,6-9H2;5-6,8-10H,7H2,1-4H3;5-7H,1-4H2. The molecule has 0 radical (unpaired) electrons. The summed E-state index contributed by atoms with van der Waals surface area (Å²) in [6.07, 6.45) is 12.1. The summed E-state index contributed by atoms with van der Waals surface area (Å²) < 4.78 is 25.1. The van der Waals surface area contributed by atoms with Gasteiger partial charge in [0, 0.05) is 83.1 Å². The maximum absolute atomic E-state index is 11.3. The highest BCUT2D eigenvalue weighted by molar-refractivity contribution is 7.26. The molecular weight excluding hydrogens is 945 g/mol. The molecule has 3 fully saturated rings.